The zero-order valence-electron chi connectivity index (χ0n) is 10.1. The van der Waals surface area contributed by atoms with Crippen LogP contribution in [0.15, 0.2) is 18.2 Å². The molecule has 0 unspecified atom stereocenters. The maximum absolute atomic E-state index is 12.3. The molecule has 1 spiro atoms. The molecule has 1 aromatic carbocycles. The second-order valence-electron chi connectivity index (χ2n) is 4.78. The first-order chi connectivity index (χ1) is 8.48. The smallest absolute Gasteiger partial charge is 0.257 e. The van der Waals surface area contributed by atoms with E-state index in [2.05, 4.69) is 5.32 Å². The number of hydrogen-bond acceptors (Lipinski definition) is 3. The van der Waals surface area contributed by atoms with E-state index < -0.39 is 11.4 Å². The van der Waals surface area contributed by atoms with Crippen LogP contribution in [0.2, 0.25) is 0 Å². The number of benzene rings is 1. The lowest BCUT2D eigenvalue weighted by Crippen LogP contribution is -2.46. The molecule has 2 aliphatic rings. The second kappa shape index (κ2) is 3.19. The molecule has 3 rings (SSSR count). The SMILES string of the molecule is Cc1cccc2c1C(=O)N(C)[C@]21CC(=O)NC1=O. The lowest BCUT2D eigenvalue weighted by Gasteiger charge is -2.28. The van der Waals surface area contributed by atoms with E-state index in [1.54, 1.807) is 19.2 Å². The third-order valence-corrected chi connectivity index (χ3v) is 3.85. The van der Waals surface area contributed by atoms with Crippen LogP contribution in [0.5, 0.6) is 0 Å². The molecule has 1 saturated heterocycles. The summed E-state index contributed by atoms with van der Waals surface area (Å²) in [6, 6.07) is 5.39. The summed E-state index contributed by atoms with van der Waals surface area (Å²) in [7, 11) is 1.57. The first-order valence-electron chi connectivity index (χ1n) is 5.71. The number of carbonyl (C=O) groups is 3. The number of likely N-dealkylation sites (N-methyl/N-ethyl adjacent to an activating group) is 1. The Morgan fingerprint density at radius 1 is 1.28 bits per heavy atom. The molecule has 5 nitrogen and oxygen atoms in total. The molecule has 0 aromatic heterocycles. The van der Waals surface area contributed by atoms with Gasteiger partial charge in [-0.25, -0.2) is 0 Å². The summed E-state index contributed by atoms with van der Waals surface area (Å²) in [6.07, 6.45) is 0.00449. The minimum absolute atomic E-state index is 0.00449. The van der Waals surface area contributed by atoms with Crippen LogP contribution in [0.25, 0.3) is 0 Å². The molecule has 2 heterocycles. The van der Waals surface area contributed by atoms with Gasteiger partial charge in [0.25, 0.3) is 11.8 Å². The Morgan fingerprint density at radius 3 is 2.61 bits per heavy atom. The minimum Gasteiger partial charge on any atom is -0.323 e. The van der Waals surface area contributed by atoms with Crippen molar-refractivity contribution in [3.8, 4) is 0 Å². The fraction of sp³-hybridized carbons (Fsp3) is 0.308. The fourth-order valence-corrected chi connectivity index (χ4v) is 2.89. The van der Waals surface area contributed by atoms with Crippen LogP contribution in [0.4, 0.5) is 0 Å². The Balaban J connectivity index is 2.32. The topological polar surface area (TPSA) is 66.5 Å². The molecule has 1 atom stereocenters. The maximum atomic E-state index is 12.3. The predicted octanol–water partition coefficient (Wildman–Crippen LogP) is 0.322. The highest BCUT2D eigenvalue weighted by Crippen LogP contribution is 2.44. The van der Waals surface area contributed by atoms with Crippen LogP contribution in [0.1, 0.15) is 27.9 Å². The molecule has 5 heteroatoms. The summed E-state index contributed by atoms with van der Waals surface area (Å²) in [5.41, 5.74) is 0.867. The summed E-state index contributed by atoms with van der Waals surface area (Å²) in [6.45, 7) is 1.83. The van der Waals surface area contributed by atoms with Crippen molar-refractivity contribution in [2.24, 2.45) is 0 Å². The molecule has 0 radical (unpaired) electrons. The van der Waals surface area contributed by atoms with E-state index in [1.807, 2.05) is 13.0 Å². The lowest BCUT2D eigenvalue weighted by atomic mass is 9.87. The summed E-state index contributed by atoms with van der Waals surface area (Å²) in [4.78, 5) is 37.2. The van der Waals surface area contributed by atoms with Crippen LogP contribution >= 0.6 is 0 Å². The van der Waals surface area contributed by atoms with Crippen molar-refractivity contribution in [1.82, 2.24) is 10.2 Å². The highest BCUT2D eigenvalue weighted by Gasteiger charge is 2.58. The summed E-state index contributed by atoms with van der Waals surface area (Å²) >= 11 is 0. The van der Waals surface area contributed by atoms with E-state index >= 15 is 0 Å². The van der Waals surface area contributed by atoms with Gasteiger partial charge in [-0.05, 0) is 12.5 Å². The molecule has 2 aliphatic heterocycles. The number of hydrogen-bond donors (Lipinski definition) is 1. The van der Waals surface area contributed by atoms with E-state index in [9.17, 15) is 14.4 Å². The first-order valence-corrected chi connectivity index (χ1v) is 5.71. The van der Waals surface area contributed by atoms with Gasteiger partial charge >= 0.3 is 0 Å². The van der Waals surface area contributed by atoms with E-state index in [1.165, 1.54) is 4.90 Å². The Bertz CT molecular complexity index is 608. The van der Waals surface area contributed by atoms with E-state index in [4.69, 9.17) is 0 Å². The average molecular weight is 244 g/mol. The molecule has 0 bridgehead atoms. The Labute approximate surface area is 104 Å². The number of aryl methyl sites for hydroxylation is 1. The number of nitrogens with one attached hydrogen (secondary N) is 1. The molecule has 0 aliphatic carbocycles. The van der Waals surface area contributed by atoms with Gasteiger partial charge in [0.15, 0.2) is 5.54 Å². The van der Waals surface area contributed by atoms with Gasteiger partial charge in [-0.1, -0.05) is 18.2 Å². The zero-order valence-corrected chi connectivity index (χ0v) is 10.1. The van der Waals surface area contributed by atoms with Crippen LogP contribution < -0.4 is 5.32 Å². The molecular weight excluding hydrogens is 232 g/mol. The predicted molar refractivity (Wildman–Crippen MR) is 62.7 cm³/mol. The van der Waals surface area contributed by atoms with E-state index in [0.29, 0.717) is 11.1 Å². The largest absolute Gasteiger partial charge is 0.323 e. The monoisotopic (exact) mass is 244 g/mol. The molecule has 0 saturated carbocycles. The first kappa shape index (κ1) is 11.0. The summed E-state index contributed by atoms with van der Waals surface area (Å²) in [5, 5.41) is 2.29. The van der Waals surface area contributed by atoms with Crippen LogP contribution in [0.3, 0.4) is 0 Å². The molecule has 92 valence electrons. The third-order valence-electron chi connectivity index (χ3n) is 3.85. The molecule has 3 amide bonds. The normalized spacial score (nSPS) is 25.9. The number of nitrogens with zero attached hydrogens (tertiary/aromatic N) is 1. The van der Waals surface area contributed by atoms with E-state index in [0.717, 1.165) is 5.56 Å². The van der Waals surface area contributed by atoms with Crippen molar-refractivity contribution in [3.63, 3.8) is 0 Å². The highest BCUT2D eigenvalue weighted by molar-refractivity contribution is 6.15. The molecule has 18 heavy (non-hydrogen) atoms. The Kier molecular flexibility index (Phi) is 1.94. The van der Waals surface area contributed by atoms with Gasteiger partial charge in [0.2, 0.25) is 5.91 Å². The van der Waals surface area contributed by atoms with Crippen molar-refractivity contribution < 1.29 is 14.4 Å². The molecule has 1 aromatic rings. The van der Waals surface area contributed by atoms with Crippen molar-refractivity contribution in [2.45, 2.75) is 18.9 Å². The van der Waals surface area contributed by atoms with Gasteiger partial charge in [0.05, 0.1) is 6.42 Å². The van der Waals surface area contributed by atoms with Crippen molar-refractivity contribution in [2.75, 3.05) is 7.05 Å². The van der Waals surface area contributed by atoms with Gasteiger partial charge < -0.3 is 4.90 Å². The Morgan fingerprint density at radius 2 is 2.00 bits per heavy atom. The van der Waals surface area contributed by atoms with Gasteiger partial charge in [-0.3, -0.25) is 19.7 Å². The second-order valence-corrected chi connectivity index (χ2v) is 4.78. The van der Waals surface area contributed by atoms with Crippen molar-refractivity contribution in [1.29, 1.82) is 0 Å². The standard InChI is InChI=1S/C13H12N2O3/c1-7-4-3-5-8-10(7)11(17)15(2)13(8)6-9(16)14-12(13)18/h3-5H,6H2,1-2H3,(H,14,16,18)/t13-/m1/s1. The van der Waals surface area contributed by atoms with Crippen LogP contribution in [-0.4, -0.2) is 29.7 Å². The van der Waals surface area contributed by atoms with Gasteiger partial charge in [0, 0.05) is 18.2 Å². The molecule has 1 N–H and O–H groups in total. The fourth-order valence-electron chi connectivity index (χ4n) is 2.89. The highest BCUT2D eigenvalue weighted by atomic mass is 16.2. The summed E-state index contributed by atoms with van der Waals surface area (Å²) < 4.78 is 0. The maximum Gasteiger partial charge on any atom is 0.257 e. The summed E-state index contributed by atoms with van der Waals surface area (Å²) in [5.74, 6) is -0.949. The number of fused-ring (bicyclic) bond motifs is 2. The lowest BCUT2D eigenvalue weighted by molar-refractivity contribution is -0.128. The average Bonchev–Trinajstić information content (AvgIpc) is 2.72. The Hall–Kier alpha value is -2.17. The van der Waals surface area contributed by atoms with Gasteiger partial charge in [0.1, 0.15) is 0 Å². The van der Waals surface area contributed by atoms with Crippen molar-refractivity contribution >= 4 is 17.7 Å². The number of rotatable bonds is 0. The van der Waals surface area contributed by atoms with E-state index in [-0.39, 0.29) is 18.2 Å². The molecule has 1 fully saturated rings. The van der Waals surface area contributed by atoms with Crippen LogP contribution in [0, 0.1) is 6.92 Å². The van der Waals surface area contributed by atoms with Crippen LogP contribution in [-0.2, 0) is 15.1 Å². The number of amides is 3. The van der Waals surface area contributed by atoms with Gasteiger partial charge in [-0.15, -0.1) is 0 Å². The minimum atomic E-state index is -1.14. The quantitative estimate of drug-likeness (QED) is 0.668. The van der Waals surface area contributed by atoms with Gasteiger partial charge in [-0.2, -0.15) is 0 Å². The number of carbonyl (C=O) groups excluding carboxylic acids is 3. The van der Waals surface area contributed by atoms with Crippen molar-refractivity contribution in [3.05, 3.63) is 34.9 Å². The molecular formula is C13H12N2O3. The number of imide groups is 1. The third kappa shape index (κ3) is 1.04. The zero-order chi connectivity index (χ0) is 13.1.